The van der Waals surface area contributed by atoms with E-state index in [0.29, 0.717) is 0 Å². The van der Waals surface area contributed by atoms with E-state index >= 15 is 0 Å². The topological polar surface area (TPSA) is 9.23 Å². The lowest BCUT2D eigenvalue weighted by molar-refractivity contribution is 0.475. The maximum Gasteiger partial charge on any atom is 0.130 e. The molecule has 2 aromatic carbocycles. The molecule has 0 bridgehead atoms. The number of rotatable bonds is 3. The molecule has 2 heteroatoms. The first-order valence-electron chi connectivity index (χ1n) is 6.01. The number of alkyl halides is 1. The van der Waals surface area contributed by atoms with Gasteiger partial charge < -0.3 is 4.74 Å². The molecule has 0 saturated carbocycles. The second-order valence-electron chi connectivity index (χ2n) is 4.60. The van der Waals surface area contributed by atoms with Crippen LogP contribution < -0.4 is 4.74 Å². The summed E-state index contributed by atoms with van der Waals surface area (Å²) < 4.78 is 5.98. The third-order valence-electron chi connectivity index (χ3n) is 2.94. The van der Waals surface area contributed by atoms with Gasteiger partial charge in [0.2, 0.25) is 0 Å². The quantitative estimate of drug-likeness (QED) is 0.699. The average Bonchev–Trinajstić information content (AvgIpc) is 2.34. The molecule has 18 heavy (non-hydrogen) atoms. The highest BCUT2D eigenvalue weighted by molar-refractivity contribution is 9.08. The Morgan fingerprint density at radius 2 is 1.50 bits per heavy atom. The van der Waals surface area contributed by atoms with E-state index in [1.165, 1.54) is 16.7 Å². The lowest BCUT2D eigenvalue weighted by Gasteiger charge is -2.12. The van der Waals surface area contributed by atoms with E-state index in [2.05, 4.69) is 61.0 Å². The minimum Gasteiger partial charge on any atom is -0.457 e. The number of hydrogen-bond acceptors (Lipinski definition) is 1. The molecule has 0 spiro atoms. The van der Waals surface area contributed by atoms with Crippen molar-refractivity contribution in [2.75, 3.05) is 0 Å². The van der Waals surface area contributed by atoms with Gasteiger partial charge in [0.25, 0.3) is 0 Å². The van der Waals surface area contributed by atoms with Crippen LogP contribution in [0.25, 0.3) is 0 Å². The van der Waals surface area contributed by atoms with Crippen molar-refractivity contribution >= 4 is 15.9 Å². The minimum atomic E-state index is 0.873. The van der Waals surface area contributed by atoms with E-state index in [0.717, 1.165) is 22.4 Å². The Balaban J connectivity index is 2.28. The van der Waals surface area contributed by atoms with E-state index in [4.69, 9.17) is 4.74 Å². The van der Waals surface area contributed by atoms with Crippen LogP contribution in [0.3, 0.4) is 0 Å². The monoisotopic (exact) mass is 304 g/mol. The van der Waals surface area contributed by atoms with E-state index in [-0.39, 0.29) is 0 Å². The van der Waals surface area contributed by atoms with Crippen molar-refractivity contribution in [2.24, 2.45) is 0 Å². The highest BCUT2D eigenvalue weighted by atomic mass is 79.9. The van der Waals surface area contributed by atoms with Crippen LogP contribution in [0.15, 0.2) is 36.4 Å². The molecule has 0 unspecified atom stereocenters. The van der Waals surface area contributed by atoms with Crippen LogP contribution in [-0.4, -0.2) is 0 Å². The van der Waals surface area contributed by atoms with Gasteiger partial charge in [0.15, 0.2) is 0 Å². The predicted octanol–water partition coefficient (Wildman–Crippen LogP) is 5.30. The first-order chi connectivity index (χ1) is 8.60. The Morgan fingerprint density at radius 3 is 2.06 bits per heavy atom. The lowest BCUT2D eigenvalue weighted by Crippen LogP contribution is -1.91. The summed E-state index contributed by atoms with van der Waals surface area (Å²) >= 11 is 3.46. The van der Waals surface area contributed by atoms with Crippen molar-refractivity contribution in [3.63, 3.8) is 0 Å². The predicted molar refractivity (Wildman–Crippen MR) is 79.8 cm³/mol. The maximum absolute atomic E-state index is 5.98. The first kappa shape index (κ1) is 13.2. The van der Waals surface area contributed by atoms with Crippen molar-refractivity contribution in [1.29, 1.82) is 0 Å². The summed E-state index contributed by atoms with van der Waals surface area (Å²) in [6.07, 6.45) is 0. The van der Waals surface area contributed by atoms with Crippen LogP contribution in [0.5, 0.6) is 11.5 Å². The van der Waals surface area contributed by atoms with Crippen LogP contribution in [0, 0.1) is 20.8 Å². The Bertz CT molecular complexity index is 561. The molecule has 0 aliphatic rings. The van der Waals surface area contributed by atoms with Crippen LogP contribution in [0.2, 0.25) is 0 Å². The van der Waals surface area contributed by atoms with Crippen LogP contribution in [0.1, 0.15) is 22.3 Å². The van der Waals surface area contributed by atoms with Crippen LogP contribution in [-0.2, 0) is 5.33 Å². The average molecular weight is 305 g/mol. The molecular weight excluding hydrogens is 288 g/mol. The zero-order valence-electron chi connectivity index (χ0n) is 11.0. The molecule has 0 radical (unpaired) electrons. The zero-order chi connectivity index (χ0) is 13.1. The Kier molecular flexibility index (Phi) is 4.07. The molecule has 1 nitrogen and oxygen atoms in total. The van der Waals surface area contributed by atoms with Gasteiger partial charge in [-0.2, -0.15) is 0 Å². The summed E-state index contributed by atoms with van der Waals surface area (Å²) in [7, 11) is 0. The van der Waals surface area contributed by atoms with Crippen molar-refractivity contribution in [1.82, 2.24) is 0 Å². The molecule has 0 aliphatic carbocycles. The molecular formula is C16H17BrO. The first-order valence-corrected chi connectivity index (χ1v) is 7.13. The van der Waals surface area contributed by atoms with Gasteiger partial charge in [0.05, 0.1) is 0 Å². The molecule has 94 valence electrons. The highest BCUT2D eigenvalue weighted by Crippen LogP contribution is 2.29. The third kappa shape index (κ3) is 2.94. The van der Waals surface area contributed by atoms with Crippen LogP contribution in [0.4, 0.5) is 0 Å². The molecule has 2 rings (SSSR count). The molecule has 0 aliphatic heterocycles. The van der Waals surface area contributed by atoms with E-state index < -0.39 is 0 Å². The number of hydrogen-bond donors (Lipinski definition) is 0. The van der Waals surface area contributed by atoms with E-state index in [1.807, 2.05) is 12.1 Å². The summed E-state index contributed by atoms with van der Waals surface area (Å²) in [5, 5.41) is 0.873. The Labute approximate surface area is 117 Å². The smallest absolute Gasteiger partial charge is 0.130 e. The van der Waals surface area contributed by atoms with Crippen molar-refractivity contribution < 1.29 is 4.74 Å². The van der Waals surface area contributed by atoms with Gasteiger partial charge >= 0.3 is 0 Å². The number of aryl methyl sites for hydroxylation is 3. The number of ether oxygens (including phenoxy) is 1. The van der Waals surface area contributed by atoms with Gasteiger partial charge in [-0.15, -0.1) is 0 Å². The number of halogens is 1. The fourth-order valence-corrected chi connectivity index (χ4v) is 2.29. The van der Waals surface area contributed by atoms with Crippen molar-refractivity contribution in [3.8, 4) is 11.5 Å². The van der Waals surface area contributed by atoms with Gasteiger partial charge in [-0.25, -0.2) is 0 Å². The minimum absolute atomic E-state index is 0.873. The molecule has 0 N–H and O–H groups in total. The fraction of sp³-hybridized carbons (Fsp3) is 0.250. The highest BCUT2D eigenvalue weighted by Gasteiger charge is 2.05. The number of benzene rings is 2. The molecule has 0 amide bonds. The molecule has 2 aromatic rings. The second-order valence-corrected chi connectivity index (χ2v) is 5.17. The third-order valence-corrected chi connectivity index (χ3v) is 3.59. The summed E-state index contributed by atoms with van der Waals surface area (Å²) in [6, 6.07) is 12.5. The van der Waals surface area contributed by atoms with Gasteiger partial charge in [-0.05, 0) is 49.6 Å². The SMILES string of the molecule is Cc1ccc(Oc2ccc(CBr)cc2C)c(C)c1. The molecule has 0 aromatic heterocycles. The summed E-state index contributed by atoms with van der Waals surface area (Å²) in [6.45, 7) is 6.24. The van der Waals surface area contributed by atoms with Crippen molar-refractivity contribution in [2.45, 2.75) is 26.1 Å². The zero-order valence-corrected chi connectivity index (χ0v) is 12.5. The van der Waals surface area contributed by atoms with Crippen molar-refractivity contribution in [3.05, 3.63) is 58.7 Å². The fourth-order valence-electron chi connectivity index (χ4n) is 1.94. The van der Waals surface area contributed by atoms with Gasteiger partial charge in [0.1, 0.15) is 11.5 Å². The summed E-state index contributed by atoms with van der Waals surface area (Å²) in [5.41, 5.74) is 4.84. The van der Waals surface area contributed by atoms with Crippen LogP contribution >= 0.6 is 15.9 Å². The summed E-state index contributed by atoms with van der Waals surface area (Å²) in [4.78, 5) is 0. The Morgan fingerprint density at radius 1 is 0.889 bits per heavy atom. The molecule has 0 saturated heterocycles. The van der Waals surface area contributed by atoms with E-state index in [9.17, 15) is 0 Å². The lowest BCUT2D eigenvalue weighted by atomic mass is 10.1. The summed E-state index contributed by atoms with van der Waals surface area (Å²) in [5.74, 6) is 1.85. The maximum atomic E-state index is 5.98. The van der Waals surface area contributed by atoms with Gasteiger partial charge in [-0.1, -0.05) is 45.8 Å². The largest absolute Gasteiger partial charge is 0.457 e. The standard InChI is InChI=1S/C16H17BrO/c1-11-4-6-15(12(2)8-11)18-16-7-5-14(10-17)9-13(16)3/h4-9H,10H2,1-3H3. The molecule has 0 fully saturated rings. The van der Waals surface area contributed by atoms with Gasteiger partial charge in [0, 0.05) is 5.33 Å². The Hall–Kier alpha value is -1.28. The normalized spacial score (nSPS) is 10.4. The van der Waals surface area contributed by atoms with Gasteiger partial charge in [-0.3, -0.25) is 0 Å². The molecule has 0 heterocycles. The van der Waals surface area contributed by atoms with E-state index in [1.54, 1.807) is 0 Å². The second kappa shape index (κ2) is 5.57. The molecule has 0 atom stereocenters.